The Morgan fingerprint density at radius 3 is 3.08 bits per heavy atom. The Hall–Kier alpha value is -2.32. The van der Waals surface area contributed by atoms with Crippen molar-refractivity contribution >= 4 is 27.5 Å². The van der Waals surface area contributed by atoms with E-state index in [1.807, 2.05) is 36.0 Å². The summed E-state index contributed by atoms with van der Waals surface area (Å²) >= 11 is 1.63. The van der Waals surface area contributed by atoms with Crippen molar-refractivity contribution in [3.05, 3.63) is 40.7 Å². The molecule has 2 aromatic heterocycles. The summed E-state index contributed by atoms with van der Waals surface area (Å²) in [4.78, 5) is 16.8. The van der Waals surface area contributed by atoms with Gasteiger partial charge >= 0.3 is 0 Å². The van der Waals surface area contributed by atoms with E-state index in [2.05, 4.69) is 25.9 Å². The van der Waals surface area contributed by atoms with Gasteiger partial charge in [-0.05, 0) is 51.1 Å². The van der Waals surface area contributed by atoms with Crippen molar-refractivity contribution in [2.24, 2.45) is 0 Å². The summed E-state index contributed by atoms with van der Waals surface area (Å²) < 4.78 is 3.02. The lowest BCUT2D eigenvalue weighted by Crippen LogP contribution is -2.29. The number of aromatic nitrogens is 4. The molecule has 3 aromatic rings. The average Bonchev–Trinajstić information content (AvgIpc) is 3.25. The lowest BCUT2D eigenvalue weighted by molar-refractivity contribution is 0.0950. The zero-order valence-electron chi connectivity index (χ0n) is 14.0. The minimum atomic E-state index is -0.121. The van der Waals surface area contributed by atoms with Crippen LogP contribution < -0.4 is 10.6 Å². The smallest absolute Gasteiger partial charge is 0.251 e. The molecule has 4 rings (SSSR count). The Kier molecular flexibility index (Phi) is 4.46. The maximum Gasteiger partial charge on any atom is 0.251 e. The van der Waals surface area contributed by atoms with Crippen LogP contribution in [0.1, 0.15) is 39.9 Å². The maximum absolute atomic E-state index is 12.4. The molecule has 0 bridgehead atoms. The van der Waals surface area contributed by atoms with Crippen LogP contribution in [0.5, 0.6) is 0 Å². The minimum Gasteiger partial charge on any atom is -0.346 e. The fraction of sp³-hybridized carbons (Fsp3) is 0.412. The molecular weight excluding hydrogens is 336 g/mol. The van der Waals surface area contributed by atoms with Gasteiger partial charge in [-0.15, -0.1) is 16.4 Å². The van der Waals surface area contributed by atoms with Crippen molar-refractivity contribution < 1.29 is 4.79 Å². The van der Waals surface area contributed by atoms with E-state index >= 15 is 0 Å². The van der Waals surface area contributed by atoms with Crippen LogP contribution in [0.25, 0.3) is 10.2 Å². The number of benzene rings is 1. The highest BCUT2D eigenvalue weighted by molar-refractivity contribution is 7.18. The molecule has 1 aliphatic heterocycles. The topological polar surface area (TPSA) is 84.7 Å². The highest BCUT2D eigenvalue weighted by Crippen LogP contribution is 2.22. The van der Waals surface area contributed by atoms with Gasteiger partial charge in [-0.1, -0.05) is 5.21 Å². The van der Waals surface area contributed by atoms with Crippen LogP contribution in [0.4, 0.5) is 0 Å². The van der Waals surface area contributed by atoms with Gasteiger partial charge in [0.25, 0.3) is 5.91 Å². The molecule has 8 heteroatoms. The molecule has 3 heterocycles. The highest BCUT2D eigenvalue weighted by Gasteiger charge is 2.16. The Balaban J connectivity index is 1.40. The van der Waals surface area contributed by atoms with Gasteiger partial charge < -0.3 is 10.6 Å². The Morgan fingerprint density at radius 1 is 1.40 bits per heavy atom. The van der Waals surface area contributed by atoms with Crippen LogP contribution in [0, 0.1) is 6.92 Å². The van der Waals surface area contributed by atoms with Crippen molar-refractivity contribution in [2.45, 2.75) is 32.4 Å². The summed E-state index contributed by atoms with van der Waals surface area (Å²) in [6.07, 6.45) is 4.05. The van der Waals surface area contributed by atoms with E-state index in [0.29, 0.717) is 18.2 Å². The van der Waals surface area contributed by atoms with E-state index in [9.17, 15) is 4.79 Å². The number of hydrogen-bond acceptors (Lipinski definition) is 6. The molecule has 130 valence electrons. The molecule has 7 nitrogen and oxygen atoms in total. The minimum absolute atomic E-state index is 0.121. The van der Waals surface area contributed by atoms with E-state index < -0.39 is 0 Å². The van der Waals surface area contributed by atoms with Crippen molar-refractivity contribution in [1.29, 1.82) is 0 Å². The average molecular weight is 356 g/mol. The number of carbonyl (C=O) groups excluding carboxylic acids is 1. The fourth-order valence-electron chi connectivity index (χ4n) is 3.10. The molecule has 1 fully saturated rings. The van der Waals surface area contributed by atoms with Crippen LogP contribution in [0.15, 0.2) is 24.4 Å². The summed E-state index contributed by atoms with van der Waals surface area (Å²) in [6, 6.07) is 6.01. The fourth-order valence-corrected chi connectivity index (χ4v) is 3.91. The third-order valence-corrected chi connectivity index (χ3v) is 5.38. The SMILES string of the molecule is Cc1nc2cc(C(=O)NCc3cn(C4CCNCC4)nn3)ccc2s1. The summed E-state index contributed by atoms with van der Waals surface area (Å²) in [6.45, 7) is 4.36. The summed E-state index contributed by atoms with van der Waals surface area (Å²) in [5, 5.41) is 15.6. The predicted molar refractivity (Wildman–Crippen MR) is 96.7 cm³/mol. The largest absolute Gasteiger partial charge is 0.346 e. The Morgan fingerprint density at radius 2 is 2.24 bits per heavy atom. The van der Waals surface area contributed by atoms with E-state index in [1.165, 1.54) is 0 Å². The standard InChI is InChI=1S/C17H20N6OS/c1-11-20-15-8-12(2-3-16(15)25-11)17(24)19-9-13-10-23(22-21-13)14-4-6-18-7-5-14/h2-3,8,10,14,18H,4-7,9H2,1H3,(H,19,24). The van der Waals surface area contributed by atoms with Gasteiger partial charge in [0.15, 0.2) is 0 Å². The summed E-state index contributed by atoms with van der Waals surface area (Å²) in [5.41, 5.74) is 2.26. The monoisotopic (exact) mass is 356 g/mol. The van der Waals surface area contributed by atoms with Gasteiger partial charge in [-0.2, -0.15) is 0 Å². The number of amides is 1. The second kappa shape index (κ2) is 6.89. The van der Waals surface area contributed by atoms with E-state index in [1.54, 1.807) is 11.3 Å². The number of fused-ring (bicyclic) bond motifs is 1. The summed E-state index contributed by atoms with van der Waals surface area (Å²) in [7, 11) is 0. The first kappa shape index (κ1) is 16.2. The predicted octanol–water partition coefficient (Wildman–Crippen LogP) is 2.05. The number of piperidine rings is 1. The number of nitrogens with zero attached hydrogens (tertiary/aromatic N) is 4. The molecule has 1 aliphatic rings. The van der Waals surface area contributed by atoms with Crippen LogP contribution in [0.3, 0.4) is 0 Å². The molecule has 0 atom stereocenters. The normalized spacial score (nSPS) is 15.6. The first-order valence-electron chi connectivity index (χ1n) is 8.46. The first-order chi connectivity index (χ1) is 12.2. The Labute approximate surface area is 149 Å². The lowest BCUT2D eigenvalue weighted by Gasteiger charge is -2.22. The first-order valence-corrected chi connectivity index (χ1v) is 9.27. The molecular formula is C17H20N6OS. The van der Waals surface area contributed by atoms with Crippen molar-refractivity contribution in [3.63, 3.8) is 0 Å². The molecule has 0 unspecified atom stereocenters. The number of aryl methyl sites for hydroxylation is 1. The summed E-state index contributed by atoms with van der Waals surface area (Å²) in [5.74, 6) is -0.121. The molecule has 1 amide bonds. The van der Waals surface area contributed by atoms with Gasteiger partial charge in [0, 0.05) is 5.56 Å². The van der Waals surface area contributed by atoms with Crippen molar-refractivity contribution in [3.8, 4) is 0 Å². The van der Waals surface area contributed by atoms with Crippen LogP contribution in [-0.2, 0) is 6.54 Å². The van der Waals surface area contributed by atoms with Gasteiger partial charge in [0.2, 0.25) is 0 Å². The molecule has 1 aromatic carbocycles. The molecule has 2 N–H and O–H groups in total. The van der Waals surface area contributed by atoms with Gasteiger partial charge in [0.1, 0.15) is 5.69 Å². The van der Waals surface area contributed by atoms with Crippen molar-refractivity contribution in [2.75, 3.05) is 13.1 Å². The second-order valence-corrected chi connectivity index (χ2v) is 7.50. The van der Waals surface area contributed by atoms with Gasteiger partial charge in [-0.25, -0.2) is 9.67 Å². The molecule has 1 saturated heterocycles. The second-order valence-electron chi connectivity index (χ2n) is 6.27. The third-order valence-electron chi connectivity index (χ3n) is 4.43. The highest BCUT2D eigenvalue weighted by atomic mass is 32.1. The number of carbonyl (C=O) groups is 1. The number of nitrogens with one attached hydrogen (secondary N) is 2. The third kappa shape index (κ3) is 3.54. The molecule has 0 aliphatic carbocycles. The van der Waals surface area contributed by atoms with E-state index in [0.717, 1.165) is 46.8 Å². The lowest BCUT2D eigenvalue weighted by atomic mass is 10.1. The molecule has 0 radical (unpaired) electrons. The number of rotatable bonds is 4. The zero-order valence-corrected chi connectivity index (χ0v) is 14.8. The van der Waals surface area contributed by atoms with E-state index in [-0.39, 0.29) is 5.91 Å². The Bertz CT molecular complexity index is 896. The number of hydrogen-bond donors (Lipinski definition) is 2. The quantitative estimate of drug-likeness (QED) is 0.747. The number of thiazole rings is 1. The molecule has 0 saturated carbocycles. The van der Waals surface area contributed by atoms with Crippen LogP contribution in [0.2, 0.25) is 0 Å². The van der Waals surface area contributed by atoms with Gasteiger partial charge in [0.05, 0.1) is 34.0 Å². The van der Waals surface area contributed by atoms with Crippen molar-refractivity contribution in [1.82, 2.24) is 30.6 Å². The van der Waals surface area contributed by atoms with Crippen LogP contribution >= 0.6 is 11.3 Å². The molecule has 25 heavy (non-hydrogen) atoms. The van der Waals surface area contributed by atoms with Crippen LogP contribution in [-0.4, -0.2) is 39.0 Å². The van der Waals surface area contributed by atoms with E-state index in [4.69, 9.17) is 0 Å². The molecule has 0 spiro atoms. The maximum atomic E-state index is 12.4. The van der Waals surface area contributed by atoms with Gasteiger partial charge in [-0.3, -0.25) is 4.79 Å². The zero-order chi connectivity index (χ0) is 17.2.